The third kappa shape index (κ3) is 3.03. The lowest BCUT2D eigenvalue weighted by Gasteiger charge is -2.15. The largest absolute Gasteiger partial charge is 0.465 e. The van der Waals surface area contributed by atoms with Gasteiger partial charge in [-0.2, -0.15) is 0 Å². The second-order valence-corrected chi connectivity index (χ2v) is 5.77. The molecule has 1 aromatic rings. The maximum Gasteiger partial charge on any atom is 0.407 e. The van der Waals surface area contributed by atoms with Crippen molar-refractivity contribution < 1.29 is 14.7 Å². The van der Waals surface area contributed by atoms with E-state index in [1.807, 2.05) is 0 Å². The number of rotatable bonds is 4. The lowest BCUT2D eigenvalue weighted by molar-refractivity contribution is -0.116. The molecule has 2 amide bonds. The summed E-state index contributed by atoms with van der Waals surface area (Å²) in [7, 11) is 0. The number of nitrogens with zero attached hydrogens (tertiary/aromatic N) is 2. The van der Waals surface area contributed by atoms with E-state index in [0.29, 0.717) is 43.2 Å². The van der Waals surface area contributed by atoms with E-state index in [1.54, 1.807) is 24.4 Å². The number of likely N-dealkylation sites (tertiary alicyclic amines) is 1. The number of nitrogen functional groups attached to an aromatic ring is 1. The van der Waals surface area contributed by atoms with Gasteiger partial charge in [0.15, 0.2) is 0 Å². The number of hydrogen-bond donors (Lipinski definition) is 3. The number of anilines is 1. The number of aromatic nitrogens is 1. The number of pyridine rings is 1. The fourth-order valence-corrected chi connectivity index (χ4v) is 3.07. The standard InChI is InChI=1S/C15H18N4O3/c16-13-3-1-9(5-17-13)2-4-14(20)18-6-10-11-7-19(15(21)22)8-12(10)11/h1-5,10-12H,6-8H2,(H2,16,17)(H,18,20)(H,21,22)/b4-2+. The van der Waals surface area contributed by atoms with Gasteiger partial charge in [0.25, 0.3) is 0 Å². The zero-order valence-corrected chi connectivity index (χ0v) is 12.0. The van der Waals surface area contributed by atoms with E-state index < -0.39 is 6.09 Å². The molecular weight excluding hydrogens is 284 g/mol. The number of nitrogens with one attached hydrogen (secondary N) is 1. The summed E-state index contributed by atoms with van der Waals surface area (Å²) in [5.41, 5.74) is 6.30. The Balaban J connectivity index is 1.41. The third-order valence-corrected chi connectivity index (χ3v) is 4.39. The lowest BCUT2D eigenvalue weighted by atomic mass is 10.2. The number of carbonyl (C=O) groups excluding carboxylic acids is 1. The SMILES string of the molecule is Nc1ccc(/C=C/C(=O)NCC2C3CN(C(=O)O)CC23)cn1. The first-order valence-corrected chi connectivity index (χ1v) is 7.20. The second-order valence-electron chi connectivity index (χ2n) is 5.77. The summed E-state index contributed by atoms with van der Waals surface area (Å²) >= 11 is 0. The van der Waals surface area contributed by atoms with Crippen LogP contribution in [0.4, 0.5) is 10.6 Å². The van der Waals surface area contributed by atoms with Crippen molar-refractivity contribution in [3.05, 3.63) is 30.0 Å². The minimum absolute atomic E-state index is 0.156. The van der Waals surface area contributed by atoms with Gasteiger partial charge in [0.2, 0.25) is 5.91 Å². The molecule has 0 spiro atoms. The van der Waals surface area contributed by atoms with Crippen LogP contribution in [0.5, 0.6) is 0 Å². The monoisotopic (exact) mass is 302 g/mol. The van der Waals surface area contributed by atoms with Crippen molar-refractivity contribution >= 4 is 23.9 Å². The highest BCUT2D eigenvalue weighted by Gasteiger charge is 2.56. The van der Waals surface area contributed by atoms with E-state index in [9.17, 15) is 9.59 Å². The van der Waals surface area contributed by atoms with Crippen LogP contribution >= 0.6 is 0 Å². The van der Waals surface area contributed by atoms with Crippen molar-refractivity contribution in [2.75, 3.05) is 25.4 Å². The van der Waals surface area contributed by atoms with Gasteiger partial charge in [-0.05, 0) is 41.5 Å². The molecule has 1 aliphatic carbocycles. The predicted molar refractivity (Wildman–Crippen MR) is 80.8 cm³/mol. The van der Waals surface area contributed by atoms with Crippen molar-refractivity contribution in [2.24, 2.45) is 17.8 Å². The average Bonchev–Trinajstić information content (AvgIpc) is 2.93. The number of piperidine rings is 1. The fraction of sp³-hybridized carbons (Fsp3) is 0.400. The summed E-state index contributed by atoms with van der Waals surface area (Å²) in [6.07, 6.45) is 3.90. The Bertz CT molecular complexity index is 602. The number of nitrogens with two attached hydrogens (primary N) is 1. The van der Waals surface area contributed by atoms with Gasteiger partial charge in [0.1, 0.15) is 5.82 Å². The van der Waals surface area contributed by atoms with Gasteiger partial charge in [-0.1, -0.05) is 0 Å². The van der Waals surface area contributed by atoms with Crippen LogP contribution in [0.1, 0.15) is 5.56 Å². The van der Waals surface area contributed by atoms with Gasteiger partial charge in [-0.3, -0.25) is 4.79 Å². The molecule has 1 saturated heterocycles. The summed E-state index contributed by atoms with van der Waals surface area (Å²) in [4.78, 5) is 28.0. The van der Waals surface area contributed by atoms with E-state index >= 15 is 0 Å². The van der Waals surface area contributed by atoms with Crippen LogP contribution < -0.4 is 11.1 Å². The number of fused-ring (bicyclic) bond motifs is 1. The highest BCUT2D eigenvalue weighted by Crippen LogP contribution is 2.51. The quantitative estimate of drug-likeness (QED) is 0.708. The van der Waals surface area contributed by atoms with Crippen molar-refractivity contribution in [3.8, 4) is 0 Å². The maximum atomic E-state index is 11.8. The molecule has 2 aliphatic rings. The molecule has 7 nitrogen and oxygen atoms in total. The molecule has 2 atom stereocenters. The van der Waals surface area contributed by atoms with Gasteiger partial charge in [0, 0.05) is 31.9 Å². The molecule has 0 bridgehead atoms. The fourth-order valence-electron chi connectivity index (χ4n) is 3.07. The number of hydrogen-bond acceptors (Lipinski definition) is 4. The average molecular weight is 302 g/mol. The van der Waals surface area contributed by atoms with Crippen LogP contribution in [0.25, 0.3) is 6.08 Å². The molecule has 4 N–H and O–H groups in total. The van der Waals surface area contributed by atoms with E-state index in [1.165, 1.54) is 11.0 Å². The van der Waals surface area contributed by atoms with Crippen LogP contribution in [0.3, 0.4) is 0 Å². The zero-order valence-electron chi connectivity index (χ0n) is 12.0. The Labute approximate surface area is 127 Å². The Morgan fingerprint density at radius 1 is 1.41 bits per heavy atom. The summed E-state index contributed by atoms with van der Waals surface area (Å²) < 4.78 is 0. The molecule has 2 fully saturated rings. The summed E-state index contributed by atoms with van der Waals surface area (Å²) in [6, 6.07) is 3.47. The van der Waals surface area contributed by atoms with Crippen LogP contribution in [0.15, 0.2) is 24.4 Å². The minimum atomic E-state index is -0.852. The maximum absolute atomic E-state index is 11.8. The molecule has 3 rings (SSSR count). The number of amides is 2. The molecule has 1 aromatic heterocycles. The van der Waals surface area contributed by atoms with Crippen LogP contribution in [0, 0.1) is 17.8 Å². The molecule has 116 valence electrons. The molecule has 1 saturated carbocycles. The van der Waals surface area contributed by atoms with Crippen LogP contribution in [-0.2, 0) is 4.79 Å². The highest BCUT2D eigenvalue weighted by molar-refractivity contribution is 5.91. The summed E-state index contributed by atoms with van der Waals surface area (Å²) in [5.74, 6) is 1.50. The van der Waals surface area contributed by atoms with Gasteiger partial charge in [-0.25, -0.2) is 9.78 Å². The van der Waals surface area contributed by atoms with Gasteiger partial charge in [0.05, 0.1) is 0 Å². The second kappa shape index (κ2) is 5.67. The first-order valence-electron chi connectivity index (χ1n) is 7.20. The minimum Gasteiger partial charge on any atom is -0.465 e. The van der Waals surface area contributed by atoms with Crippen molar-refractivity contribution in [3.63, 3.8) is 0 Å². The Kier molecular flexibility index (Phi) is 3.70. The first-order chi connectivity index (χ1) is 10.5. The molecule has 2 heterocycles. The normalized spacial score (nSPS) is 26.0. The third-order valence-electron chi connectivity index (χ3n) is 4.39. The Morgan fingerprint density at radius 2 is 2.14 bits per heavy atom. The van der Waals surface area contributed by atoms with Crippen molar-refractivity contribution in [2.45, 2.75) is 0 Å². The highest BCUT2D eigenvalue weighted by atomic mass is 16.4. The van der Waals surface area contributed by atoms with E-state index in [0.717, 1.165) is 5.56 Å². The molecule has 2 unspecified atom stereocenters. The number of carbonyl (C=O) groups is 2. The van der Waals surface area contributed by atoms with E-state index in [2.05, 4.69) is 10.3 Å². The molecule has 22 heavy (non-hydrogen) atoms. The Morgan fingerprint density at radius 3 is 2.73 bits per heavy atom. The molecular formula is C15H18N4O3. The van der Waals surface area contributed by atoms with Crippen molar-refractivity contribution in [1.29, 1.82) is 0 Å². The van der Waals surface area contributed by atoms with Crippen LogP contribution in [-0.4, -0.2) is 46.6 Å². The first kappa shape index (κ1) is 14.4. The summed E-state index contributed by atoms with van der Waals surface area (Å²) in [6.45, 7) is 1.78. The predicted octanol–water partition coefficient (Wildman–Crippen LogP) is 0.649. The molecule has 7 heteroatoms. The number of carboxylic acid groups (broad SMARTS) is 1. The van der Waals surface area contributed by atoms with Gasteiger partial charge in [-0.15, -0.1) is 0 Å². The Hall–Kier alpha value is -2.57. The summed E-state index contributed by atoms with van der Waals surface area (Å²) in [5, 5.41) is 11.7. The molecule has 1 aliphatic heterocycles. The van der Waals surface area contributed by atoms with E-state index in [4.69, 9.17) is 10.8 Å². The smallest absolute Gasteiger partial charge is 0.407 e. The van der Waals surface area contributed by atoms with Crippen LogP contribution in [0.2, 0.25) is 0 Å². The zero-order chi connectivity index (χ0) is 15.7. The van der Waals surface area contributed by atoms with Crippen molar-refractivity contribution in [1.82, 2.24) is 15.2 Å². The molecule has 0 radical (unpaired) electrons. The topological polar surface area (TPSA) is 109 Å². The van der Waals surface area contributed by atoms with Gasteiger partial charge >= 0.3 is 6.09 Å². The molecule has 0 aromatic carbocycles. The van der Waals surface area contributed by atoms with E-state index in [-0.39, 0.29) is 5.91 Å². The van der Waals surface area contributed by atoms with Gasteiger partial charge < -0.3 is 21.1 Å². The lowest BCUT2D eigenvalue weighted by Crippen LogP contribution is -2.32.